The second-order valence-electron chi connectivity index (χ2n) is 14.1. The maximum absolute atomic E-state index is 14.2. The molecule has 0 unspecified atom stereocenters. The maximum Gasteiger partial charge on any atom is 0.262 e. The van der Waals surface area contributed by atoms with Gasteiger partial charge < -0.3 is 27.0 Å². The molecule has 3 saturated carbocycles. The molecule has 48 heavy (non-hydrogen) atoms. The molecule has 10 heteroatoms. The standard InChI is InChI=1S/C38H49N5O4S/c39-29-17-6-7-18-30(29)41-34(44)27-15-11-16-28(23-27)40-35(45)31(22-25-12-3-1-4-13-25)42-37(47)38(20-9-2-10-21-38)43-36(46)33-24-26-14-5-8-19-32(26)48-33/h1,3-5,8,12-14,19,24,27-31H,2,6-7,9-11,15-18,20-23,39H2,(H,40,45)(H,41,44)(H,42,47)(H,43,46)/t27-,28+,29-,30+,31+/m0/s1. The van der Waals surface area contributed by atoms with E-state index in [1.807, 2.05) is 60.7 Å². The average molecular weight is 672 g/mol. The highest BCUT2D eigenvalue weighted by molar-refractivity contribution is 7.20. The van der Waals surface area contributed by atoms with E-state index >= 15 is 0 Å². The molecule has 0 aliphatic heterocycles. The molecule has 0 radical (unpaired) electrons. The molecule has 1 heterocycles. The van der Waals surface area contributed by atoms with E-state index in [-0.39, 0.29) is 47.7 Å². The summed E-state index contributed by atoms with van der Waals surface area (Å²) in [5.74, 6) is -1.01. The molecule has 9 nitrogen and oxygen atoms in total. The van der Waals surface area contributed by atoms with Crippen LogP contribution in [0.3, 0.4) is 0 Å². The fourth-order valence-electron chi connectivity index (χ4n) is 7.79. The lowest BCUT2D eigenvalue weighted by Gasteiger charge is -2.38. The summed E-state index contributed by atoms with van der Waals surface area (Å²) in [6, 6.07) is 18.4. The predicted molar refractivity (Wildman–Crippen MR) is 189 cm³/mol. The molecule has 3 aromatic rings. The molecule has 0 bridgehead atoms. The normalized spacial score (nSPS) is 24.6. The zero-order chi connectivity index (χ0) is 33.5. The molecule has 4 amide bonds. The van der Waals surface area contributed by atoms with Gasteiger partial charge in [0.2, 0.25) is 17.7 Å². The Labute approximate surface area is 287 Å². The molecule has 6 rings (SSSR count). The van der Waals surface area contributed by atoms with Crippen LogP contribution in [0.4, 0.5) is 0 Å². The van der Waals surface area contributed by atoms with Crippen LogP contribution in [0.2, 0.25) is 0 Å². The van der Waals surface area contributed by atoms with Crippen LogP contribution in [0.25, 0.3) is 10.1 Å². The number of amides is 4. The molecular formula is C38H49N5O4S. The van der Waals surface area contributed by atoms with Crippen LogP contribution in [-0.2, 0) is 20.8 Å². The first-order valence-corrected chi connectivity index (χ1v) is 18.6. The van der Waals surface area contributed by atoms with Crippen LogP contribution in [0, 0.1) is 5.92 Å². The number of thiophene rings is 1. The summed E-state index contributed by atoms with van der Waals surface area (Å²) in [5.41, 5.74) is 6.12. The fraction of sp³-hybridized carbons (Fsp3) is 0.526. The summed E-state index contributed by atoms with van der Waals surface area (Å²) in [6.07, 6.45) is 10.9. The second-order valence-corrected chi connectivity index (χ2v) is 15.2. The van der Waals surface area contributed by atoms with Crippen molar-refractivity contribution in [3.05, 3.63) is 71.1 Å². The summed E-state index contributed by atoms with van der Waals surface area (Å²) in [7, 11) is 0. The molecule has 5 atom stereocenters. The van der Waals surface area contributed by atoms with Crippen molar-refractivity contribution in [2.24, 2.45) is 11.7 Å². The summed E-state index contributed by atoms with van der Waals surface area (Å²) in [4.78, 5) is 55.6. The van der Waals surface area contributed by atoms with Gasteiger partial charge in [-0.2, -0.15) is 0 Å². The van der Waals surface area contributed by atoms with Crippen LogP contribution in [0.1, 0.15) is 98.7 Å². The summed E-state index contributed by atoms with van der Waals surface area (Å²) in [5, 5.41) is 13.6. The molecule has 0 saturated heterocycles. The Hall–Kier alpha value is -3.76. The minimum Gasteiger partial charge on any atom is -0.352 e. The van der Waals surface area contributed by atoms with E-state index in [0.29, 0.717) is 30.6 Å². The number of hydrogen-bond acceptors (Lipinski definition) is 6. The summed E-state index contributed by atoms with van der Waals surface area (Å²) in [6.45, 7) is 0. The van der Waals surface area contributed by atoms with Crippen molar-refractivity contribution in [1.29, 1.82) is 0 Å². The van der Waals surface area contributed by atoms with Gasteiger partial charge in [-0.1, -0.05) is 87.1 Å². The van der Waals surface area contributed by atoms with Gasteiger partial charge in [-0.15, -0.1) is 11.3 Å². The molecule has 1 aromatic heterocycles. The van der Waals surface area contributed by atoms with Gasteiger partial charge in [-0.05, 0) is 68.0 Å². The lowest BCUT2D eigenvalue weighted by molar-refractivity contribution is -0.134. The molecule has 3 fully saturated rings. The first-order chi connectivity index (χ1) is 23.3. The van der Waals surface area contributed by atoms with Crippen LogP contribution < -0.4 is 27.0 Å². The predicted octanol–water partition coefficient (Wildman–Crippen LogP) is 5.12. The fourth-order valence-corrected chi connectivity index (χ4v) is 8.75. The van der Waals surface area contributed by atoms with Gasteiger partial charge in [-0.3, -0.25) is 19.2 Å². The lowest BCUT2D eigenvalue weighted by atomic mass is 9.80. The Morgan fingerprint density at radius 2 is 1.58 bits per heavy atom. The molecule has 256 valence electrons. The largest absolute Gasteiger partial charge is 0.352 e. The van der Waals surface area contributed by atoms with Gasteiger partial charge in [0.15, 0.2) is 0 Å². The van der Waals surface area contributed by atoms with Gasteiger partial charge in [0.25, 0.3) is 5.91 Å². The topological polar surface area (TPSA) is 142 Å². The number of carbonyl (C=O) groups is 4. The summed E-state index contributed by atoms with van der Waals surface area (Å²) >= 11 is 1.41. The van der Waals surface area contributed by atoms with E-state index in [1.54, 1.807) is 0 Å². The smallest absolute Gasteiger partial charge is 0.262 e. The lowest BCUT2D eigenvalue weighted by Crippen LogP contribution is -2.63. The Bertz CT molecular complexity index is 1550. The highest BCUT2D eigenvalue weighted by Gasteiger charge is 2.43. The highest BCUT2D eigenvalue weighted by Crippen LogP contribution is 2.32. The molecule has 3 aliphatic carbocycles. The number of fused-ring (bicyclic) bond motifs is 1. The number of hydrogen-bond donors (Lipinski definition) is 5. The number of nitrogens with two attached hydrogens (primary N) is 1. The molecule has 0 spiro atoms. The number of rotatable bonds is 10. The Kier molecular flexibility index (Phi) is 11.1. The molecule has 2 aromatic carbocycles. The highest BCUT2D eigenvalue weighted by atomic mass is 32.1. The van der Waals surface area contributed by atoms with Crippen LogP contribution in [-0.4, -0.2) is 53.3 Å². The average Bonchev–Trinajstić information content (AvgIpc) is 3.55. The van der Waals surface area contributed by atoms with Crippen LogP contribution >= 0.6 is 11.3 Å². The van der Waals surface area contributed by atoms with Crippen molar-refractivity contribution in [3.63, 3.8) is 0 Å². The van der Waals surface area contributed by atoms with E-state index in [9.17, 15) is 19.2 Å². The van der Waals surface area contributed by atoms with Gasteiger partial charge in [0, 0.05) is 35.2 Å². The third-order valence-electron chi connectivity index (χ3n) is 10.6. The molecule has 6 N–H and O–H groups in total. The zero-order valence-corrected chi connectivity index (χ0v) is 28.5. The first-order valence-electron chi connectivity index (χ1n) is 17.8. The van der Waals surface area contributed by atoms with Crippen molar-refractivity contribution in [2.75, 3.05) is 0 Å². The first kappa shape index (κ1) is 34.1. The Morgan fingerprint density at radius 3 is 2.35 bits per heavy atom. The Morgan fingerprint density at radius 1 is 0.833 bits per heavy atom. The van der Waals surface area contributed by atoms with Crippen molar-refractivity contribution < 1.29 is 19.2 Å². The van der Waals surface area contributed by atoms with Crippen molar-refractivity contribution in [1.82, 2.24) is 21.3 Å². The van der Waals surface area contributed by atoms with E-state index in [0.717, 1.165) is 79.9 Å². The number of benzene rings is 2. The monoisotopic (exact) mass is 671 g/mol. The third kappa shape index (κ3) is 8.26. The molecule has 3 aliphatic rings. The van der Waals surface area contributed by atoms with E-state index in [2.05, 4.69) is 21.3 Å². The van der Waals surface area contributed by atoms with Crippen molar-refractivity contribution in [3.8, 4) is 0 Å². The maximum atomic E-state index is 14.2. The summed E-state index contributed by atoms with van der Waals surface area (Å²) < 4.78 is 1.02. The SMILES string of the molecule is N[C@H]1CCCC[C@H]1NC(=O)[C@H]1CCC[C@@H](NC(=O)[C@@H](Cc2ccccc2)NC(=O)C2(NC(=O)c3cc4ccccc4s3)CCCCC2)C1. The quantitative estimate of drug-likeness (QED) is 0.203. The minimum absolute atomic E-state index is 0.00803. The van der Waals surface area contributed by atoms with E-state index < -0.39 is 11.6 Å². The van der Waals surface area contributed by atoms with E-state index in [4.69, 9.17) is 5.73 Å². The van der Waals surface area contributed by atoms with Crippen molar-refractivity contribution >= 4 is 45.1 Å². The van der Waals surface area contributed by atoms with Crippen LogP contribution in [0.15, 0.2) is 60.7 Å². The number of nitrogens with one attached hydrogen (secondary N) is 4. The van der Waals surface area contributed by atoms with E-state index in [1.165, 1.54) is 11.3 Å². The van der Waals surface area contributed by atoms with Gasteiger partial charge in [0.1, 0.15) is 11.6 Å². The van der Waals surface area contributed by atoms with Crippen LogP contribution in [0.5, 0.6) is 0 Å². The Balaban J connectivity index is 1.15. The van der Waals surface area contributed by atoms with Gasteiger partial charge >= 0.3 is 0 Å². The zero-order valence-electron chi connectivity index (χ0n) is 27.7. The van der Waals surface area contributed by atoms with Gasteiger partial charge in [0.05, 0.1) is 4.88 Å². The second kappa shape index (κ2) is 15.6. The molecular weight excluding hydrogens is 623 g/mol. The van der Waals surface area contributed by atoms with Crippen molar-refractivity contribution in [2.45, 2.75) is 120 Å². The number of carbonyl (C=O) groups excluding carboxylic acids is 4. The van der Waals surface area contributed by atoms with Gasteiger partial charge in [-0.25, -0.2) is 0 Å². The third-order valence-corrected chi connectivity index (χ3v) is 11.7. The minimum atomic E-state index is -1.10.